The summed E-state index contributed by atoms with van der Waals surface area (Å²) in [5, 5.41) is 2.82. The number of unbranched alkanes of at least 4 members (excludes halogenated alkanes) is 14. The van der Waals surface area contributed by atoms with Crippen molar-refractivity contribution in [2.45, 2.75) is 103 Å². The summed E-state index contributed by atoms with van der Waals surface area (Å²) >= 11 is 0. The molecule has 0 aromatic heterocycles. The molecule has 0 spiro atoms. The van der Waals surface area contributed by atoms with Crippen LogP contribution in [-0.4, -0.2) is 11.7 Å². The predicted molar refractivity (Wildman–Crippen MR) is 148 cm³/mol. The average Bonchev–Trinajstić information content (AvgIpc) is 2.90. The molecule has 0 saturated heterocycles. The monoisotopic (exact) mass is 475 g/mol. The van der Waals surface area contributed by atoms with E-state index in [0.29, 0.717) is 16.7 Å². The molecular formula is C32H45NO2. The summed E-state index contributed by atoms with van der Waals surface area (Å²) in [7, 11) is 0. The van der Waals surface area contributed by atoms with Gasteiger partial charge in [-0.1, -0.05) is 139 Å². The Bertz CT molecular complexity index is 855. The minimum absolute atomic E-state index is 0.0365. The van der Waals surface area contributed by atoms with Gasteiger partial charge in [0.25, 0.3) is 5.91 Å². The van der Waals surface area contributed by atoms with Gasteiger partial charge in [-0.05, 0) is 25.0 Å². The van der Waals surface area contributed by atoms with Crippen molar-refractivity contribution in [1.29, 1.82) is 0 Å². The van der Waals surface area contributed by atoms with Crippen molar-refractivity contribution in [3.8, 4) is 0 Å². The molecule has 0 radical (unpaired) electrons. The van der Waals surface area contributed by atoms with Gasteiger partial charge in [0.15, 0.2) is 5.78 Å². The molecule has 35 heavy (non-hydrogen) atoms. The molecule has 0 atom stereocenters. The number of carbonyl (C=O) groups is 2. The molecule has 3 nitrogen and oxygen atoms in total. The summed E-state index contributed by atoms with van der Waals surface area (Å²) < 4.78 is 0. The summed E-state index contributed by atoms with van der Waals surface area (Å²) in [5.41, 5.74) is 1.79. The second-order valence-electron chi connectivity index (χ2n) is 9.53. The van der Waals surface area contributed by atoms with Crippen molar-refractivity contribution in [1.82, 2.24) is 5.32 Å². The number of hydrogen-bond acceptors (Lipinski definition) is 2. The van der Waals surface area contributed by atoms with Crippen LogP contribution >= 0.6 is 0 Å². The lowest BCUT2D eigenvalue weighted by molar-refractivity contribution is 0.0968. The fourth-order valence-electron chi connectivity index (χ4n) is 4.29. The van der Waals surface area contributed by atoms with Crippen molar-refractivity contribution in [3.63, 3.8) is 0 Å². The van der Waals surface area contributed by atoms with Crippen LogP contribution in [-0.2, 0) is 0 Å². The lowest BCUT2D eigenvalue weighted by Gasteiger charge is -2.04. The molecule has 2 rings (SSSR count). The van der Waals surface area contributed by atoms with Crippen LogP contribution in [0.2, 0.25) is 0 Å². The number of allylic oxidation sites excluding steroid dienone is 1. The maximum absolute atomic E-state index is 12.5. The van der Waals surface area contributed by atoms with Gasteiger partial charge >= 0.3 is 0 Å². The van der Waals surface area contributed by atoms with Gasteiger partial charge in [-0.15, -0.1) is 0 Å². The van der Waals surface area contributed by atoms with E-state index in [4.69, 9.17) is 0 Å². The molecule has 0 saturated carbocycles. The first-order valence-electron chi connectivity index (χ1n) is 13.9. The number of rotatable bonds is 19. The first-order chi connectivity index (χ1) is 17.2. The standard InChI is InChI=1S/C32H45NO2/c1-2-3-4-5-6-7-8-9-10-11-12-13-14-15-16-20-27-33-32(35)30-25-23-29(24-26-30)31(34)28-21-18-17-19-22-28/h17-27H,2-16H2,1H3,(H,33,35). The van der Waals surface area contributed by atoms with E-state index >= 15 is 0 Å². The molecule has 1 amide bonds. The number of carbonyl (C=O) groups excluding carboxylic acids is 2. The minimum Gasteiger partial charge on any atom is -0.329 e. The number of ketones is 1. The van der Waals surface area contributed by atoms with Crippen LogP contribution in [0.3, 0.4) is 0 Å². The summed E-state index contributed by atoms with van der Waals surface area (Å²) in [4.78, 5) is 24.8. The maximum atomic E-state index is 12.5. The van der Waals surface area contributed by atoms with E-state index in [1.165, 1.54) is 89.9 Å². The third-order valence-corrected chi connectivity index (χ3v) is 6.50. The molecule has 0 aliphatic rings. The third-order valence-electron chi connectivity index (χ3n) is 6.50. The summed E-state index contributed by atoms with van der Waals surface area (Å²) in [6.07, 6.45) is 23.9. The minimum atomic E-state index is -0.152. The zero-order valence-corrected chi connectivity index (χ0v) is 21.8. The van der Waals surface area contributed by atoms with E-state index in [-0.39, 0.29) is 11.7 Å². The van der Waals surface area contributed by atoms with Gasteiger partial charge in [-0.3, -0.25) is 9.59 Å². The zero-order valence-electron chi connectivity index (χ0n) is 21.8. The van der Waals surface area contributed by atoms with E-state index in [0.717, 1.165) is 6.42 Å². The highest BCUT2D eigenvalue weighted by atomic mass is 16.1. The summed E-state index contributed by atoms with van der Waals surface area (Å²) in [6, 6.07) is 16.0. The third kappa shape index (κ3) is 12.5. The first-order valence-corrected chi connectivity index (χ1v) is 13.9. The predicted octanol–water partition coefficient (Wildman–Crippen LogP) is 9.03. The molecule has 2 aromatic rings. The zero-order chi connectivity index (χ0) is 25.0. The quantitative estimate of drug-likeness (QED) is 0.163. The Hall–Kier alpha value is -2.68. The highest BCUT2D eigenvalue weighted by Gasteiger charge is 2.10. The fourth-order valence-corrected chi connectivity index (χ4v) is 4.29. The molecule has 0 aliphatic carbocycles. The van der Waals surface area contributed by atoms with Gasteiger partial charge in [-0.25, -0.2) is 0 Å². The molecule has 190 valence electrons. The molecule has 0 bridgehead atoms. The Balaban J connectivity index is 1.47. The van der Waals surface area contributed by atoms with Gasteiger partial charge in [0.1, 0.15) is 0 Å². The van der Waals surface area contributed by atoms with Crippen molar-refractivity contribution < 1.29 is 9.59 Å². The molecule has 0 unspecified atom stereocenters. The average molecular weight is 476 g/mol. The van der Waals surface area contributed by atoms with Crippen molar-refractivity contribution in [2.24, 2.45) is 0 Å². The summed E-state index contributed by atoms with van der Waals surface area (Å²) in [5.74, 6) is -0.188. The molecule has 0 aliphatic heterocycles. The van der Waals surface area contributed by atoms with Crippen LogP contribution in [0.1, 0.15) is 130 Å². The van der Waals surface area contributed by atoms with Crippen molar-refractivity contribution >= 4 is 11.7 Å². The van der Waals surface area contributed by atoms with E-state index < -0.39 is 0 Å². The molecule has 2 aromatic carbocycles. The highest BCUT2D eigenvalue weighted by Crippen LogP contribution is 2.14. The van der Waals surface area contributed by atoms with Crippen LogP contribution in [0.4, 0.5) is 0 Å². The lowest BCUT2D eigenvalue weighted by Crippen LogP contribution is -2.17. The van der Waals surface area contributed by atoms with Gasteiger partial charge < -0.3 is 5.32 Å². The lowest BCUT2D eigenvalue weighted by atomic mass is 10.0. The Morgan fingerprint density at radius 3 is 1.60 bits per heavy atom. The normalized spacial score (nSPS) is 11.1. The molecule has 3 heteroatoms. The van der Waals surface area contributed by atoms with E-state index in [9.17, 15) is 9.59 Å². The molecular weight excluding hydrogens is 430 g/mol. The topological polar surface area (TPSA) is 46.2 Å². The Kier molecular flexibility index (Phi) is 15.2. The fraction of sp³-hybridized carbons (Fsp3) is 0.500. The van der Waals surface area contributed by atoms with Crippen LogP contribution in [0.5, 0.6) is 0 Å². The molecule has 1 N–H and O–H groups in total. The van der Waals surface area contributed by atoms with Crippen LogP contribution < -0.4 is 5.32 Å². The largest absolute Gasteiger partial charge is 0.329 e. The SMILES string of the molecule is CCCCCCCCCCCCCCCCC=CNC(=O)c1ccc(C(=O)c2ccccc2)cc1. The first kappa shape index (κ1) is 28.6. The Morgan fingerprint density at radius 1 is 0.600 bits per heavy atom. The number of hydrogen-bond donors (Lipinski definition) is 1. The molecule has 0 fully saturated rings. The highest BCUT2D eigenvalue weighted by molar-refractivity contribution is 6.09. The van der Waals surface area contributed by atoms with Gasteiger partial charge in [0.2, 0.25) is 0 Å². The van der Waals surface area contributed by atoms with Crippen molar-refractivity contribution in [3.05, 3.63) is 83.6 Å². The van der Waals surface area contributed by atoms with Gasteiger partial charge in [0, 0.05) is 22.9 Å². The summed E-state index contributed by atoms with van der Waals surface area (Å²) in [6.45, 7) is 2.28. The van der Waals surface area contributed by atoms with E-state index in [1.54, 1.807) is 42.6 Å². The smallest absolute Gasteiger partial charge is 0.255 e. The van der Waals surface area contributed by atoms with Crippen LogP contribution in [0.25, 0.3) is 0 Å². The molecule has 0 heterocycles. The van der Waals surface area contributed by atoms with Crippen molar-refractivity contribution in [2.75, 3.05) is 0 Å². The number of amides is 1. The Labute approximate surface area is 213 Å². The van der Waals surface area contributed by atoms with Crippen LogP contribution in [0.15, 0.2) is 66.9 Å². The second-order valence-corrected chi connectivity index (χ2v) is 9.53. The van der Waals surface area contributed by atoms with Crippen LogP contribution in [0, 0.1) is 0 Å². The number of nitrogens with one attached hydrogen (secondary N) is 1. The number of benzene rings is 2. The second kappa shape index (κ2) is 18.6. The van der Waals surface area contributed by atoms with Gasteiger partial charge in [0.05, 0.1) is 0 Å². The Morgan fingerprint density at radius 2 is 1.06 bits per heavy atom. The van der Waals surface area contributed by atoms with E-state index in [1.807, 2.05) is 24.3 Å². The maximum Gasteiger partial charge on any atom is 0.255 e. The van der Waals surface area contributed by atoms with Gasteiger partial charge in [-0.2, -0.15) is 0 Å². The van der Waals surface area contributed by atoms with E-state index in [2.05, 4.69) is 12.2 Å².